The van der Waals surface area contributed by atoms with Gasteiger partial charge in [0.1, 0.15) is 0 Å². The summed E-state index contributed by atoms with van der Waals surface area (Å²) in [6.07, 6.45) is 3.81. The van der Waals surface area contributed by atoms with E-state index in [9.17, 15) is 0 Å². The van der Waals surface area contributed by atoms with E-state index in [1.54, 1.807) is 4.68 Å². The van der Waals surface area contributed by atoms with Gasteiger partial charge in [-0.2, -0.15) is 5.10 Å². The van der Waals surface area contributed by atoms with Crippen LogP contribution in [0.15, 0.2) is 24.5 Å². The molecule has 90 valence electrons. The number of hydrogen-bond donors (Lipinski definition) is 2. The second-order valence-electron chi connectivity index (χ2n) is 4.18. The lowest BCUT2D eigenvalue weighted by Gasteiger charge is -2.15. The summed E-state index contributed by atoms with van der Waals surface area (Å²) >= 11 is 0. The van der Waals surface area contributed by atoms with Crippen molar-refractivity contribution in [1.82, 2.24) is 20.2 Å². The number of nitrogens with zero attached hydrogens (tertiary/aromatic N) is 3. The fourth-order valence-electron chi connectivity index (χ4n) is 1.92. The van der Waals surface area contributed by atoms with Gasteiger partial charge in [0.15, 0.2) is 0 Å². The van der Waals surface area contributed by atoms with Crippen LogP contribution in [0.3, 0.4) is 0 Å². The highest BCUT2D eigenvalue weighted by atomic mass is 15.3. The number of aryl methyl sites for hydroxylation is 3. The van der Waals surface area contributed by atoms with E-state index in [0.29, 0.717) is 0 Å². The highest BCUT2D eigenvalue weighted by Crippen LogP contribution is 2.22. The number of hydrogen-bond acceptors (Lipinski definition) is 4. The number of pyridine rings is 1. The molecule has 1 unspecified atom stereocenters. The van der Waals surface area contributed by atoms with E-state index in [-0.39, 0.29) is 6.04 Å². The lowest BCUT2D eigenvalue weighted by Crippen LogP contribution is -2.29. The van der Waals surface area contributed by atoms with Gasteiger partial charge in [-0.15, -0.1) is 0 Å². The number of aromatic nitrogens is 3. The summed E-state index contributed by atoms with van der Waals surface area (Å²) in [7, 11) is 1.90. The third kappa shape index (κ3) is 2.35. The molecule has 0 spiro atoms. The Labute approximate surface area is 101 Å². The maximum Gasteiger partial charge on any atom is 0.0758 e. The monoisotopic (exact) mass is 231 g/mol. The number of nitrogens with one attached hydrogen (secondary N) is 1. The molecule has 3 N–H and O–H groups in total. The zero-order chi connectivity index (χ0) is 12.4. The Kier molecular flexibility index (Phi) is 3.21. The molecule has 1 atom stereocenters. The summed E-state index contributed by atoms with van der Waals surface area (Å²) < 4.78 is 1.79. The van der Waals surface area contributed by atoms with E-state index in [1.807, 2.05) is 45.4 Å². The molecule has 0 aliphatic rings. The molecule has 5 heteroatoms. The Morgan fingerprint density at radius 1 is 1.35 bits per heavy atom. The summed E-state index contributed by atoms with van der Waals surface area (Å²) in [5.74, 6) is 5.64. The molecule has 5 nitrogen and oxygen atoms in total. The number of rotatable bonds is 3. The van der Waals surface area contributed by atoms with Gasteiger partial charge in [0.25, 0.3) is 0 Å². The van der Waals surface area contributed by atoms with E-state index in [0.717, 1.165) is 22.5 Å². The second-order valence-corrected chi connectivity index (χ2v) is 4.18. The normalized spacial score (nSPS) is 12.7. The van der Waals surface area contributed by atoms with E-state index in [1.165, 1.54) is 0 Å². The van der Waals surface area contributed by atoms with Crippen LogP contribution in [0.5, 0.6) is 0 Å². The second kappa shape index (κ2) is 4.65. The molecular weight excluding hydrogens is 214 g/mol. The topological polar surface area (TPSA) is 68.8 Å². The lowest BCUT2D eigenvalue weighted by molar-refractivity contribution is 0.630. The molecule has 0 amide bonds. The standard InChI is InChI=1S/C12H17N5/c1-8-4-5-10(6-14-8)12(15-13)11-7-17(3)16-9(11)2/h4-7,12,15H,13H2,1-3H3. The van der Waals surface area contributed by atoms with Crippen molar-refractivity contribution < 1.29 is 0 Å². The van der Waals surface area contributed by atoms with Gasteiger partial charge in [-0.05, 0) is 25.5 Å². The summed E-state index contributed by atoms with van der Waals surface area (Å²) in [6.45, 7) is 3.94. The largest absolute Gasteiger partial charge is 0.275 e. The third-order valence-corrected chi connectivity index (χ3v) is 2.80. The van der Waals surface area contributed by atoms with Crippen molar-refractivity contribution in [3.05, 3.63) is 47.0 Å². The van der Waals surface area contributed by atoms with Gasteiger partial charge >= 0.3 is 0 Å². The van der Waals surface area contributed by atoms with Crippen LogP contribution >= 0.6 is 0 Å². The van der Waals surface area contributed by atoms with Gasteiger partial charge in [-0.1, -0.05) is 6.07 Å². The van der Waals surface area contributed by atoms with E-state index >= 15 is 0 Å². The summed E-state index contributed by atoms with van der Waals surface area (Å²) in [6, 6.07) is 3.93. The van der Waals surface area contributed by atoms with Crippen molar-refractivity contribution >= 4 is 0 Å². The lowest BCUT2D eigenvalue weighted by atomic mass is 10.0. The predicted octanol–water partition coefficient (Wildman–Crippen LogP) is 0.985. The first kappa shape index (κ1) is 11.8. The average Bonchev–Trinajstić information content (AvgIpc) is 2.62. The van der Waals surface area contributed by atoms with Crippen molar-refractivity contribution in [3.63, 3.8) is 0 Å². The van der Waals surface area contributed by atoms with Crippen LogP contribution in [0.1, 0.15) is 28.6 Å². The molecule has 2 heterocycles. The highest BCUT2D eigenvalue weighted by molar-refractivity contribution is 5.31. The first-order valence-electron chi connectivity index (χ1n) is 5.50. The van der Waals surface area contributed by atoms with Crippen LogP contribution < -0.4 is 11.3 Å². The summed E-state index contributed by atoms with van der Waals surface area (Å²) in [5.41, 5.74) is 6.88. The summed E-state index contributed by atoms with van der Waals surface area (Å²) in [4.78, 5) is 4.29. The average molecular weight is 231 g/mol. The van der Waals surface area contributed by atoms with Crippen LogP contribution in [-0.4, -0.2) is 14.8 Å². The van der Waals surface area contributed by atoms with Crippen LogP contribution in [-0.2, 0) is 7.05 Å². The Balaban J connectivity index is 2.39. The van der Waals surface area contributed by atoms with Crippen LogP contribution in [0, 0.1) is 13.8 Å². The quantitative estimate of drug-likeness (QED) is 0.610. The Morgan fingerprint density at radius 2 is 2.12 bits per heavy atom. The molecule has 0 aliphatic carbocycles. The fraction of sp³-hybridized carbons (Fsp3) is 0.333. The van der Waals surface area contributed by atoms with Gasteiger partial charge in [0.2, 0.25) is 0 Å². The SMILES string of the molecule is Cc1ccc(C(NN)c2cn(C)nc2C)cn1. The van der Waals surface area contributed by atoms with E-state index in [4.69, 9.17) is 5.84 Å². The van der Waals surface area contributed by atoms with Crippen molar-refractivity contribution in [2.24, 2.45) is 12.9 Å². The first-order chi connectivity index (χ1) is 8.11. The number of hydrazine groups is 1. The first-order valence-corrected chi connectivity index (χ1v) is 5.50. The van der Waals surface area contributed by atoms with Crippen LogP contribution in [0.4, 0.5) is 0 Å². The van der Waals surface area contributed by atoms with Crippen molar-refractivity contribution in [2.75, 3.05) is 0 Å². The molecule has 17 heavy (non-hydrogen) atoms. The molecule has 0 aromatic carbocycles. The molecule has 0 saturated heterocycles. The molecule has 0 saturated carbocycles. The maximum atomic E-state index is 5.64. The highest BCUT2D eigenvalue weighted by Gasteiger charge is 2.17. The minimum atomic E-state index is -0.0724. The molecule has 0 aliphatic heterocycles. The minimum Gasteiger partial charge on any atom is -0.275 e. The fourth-order valence-corrected chi connectivity index (χ4v) is 1.92. The molecule has 2 aromatic rings. The molecule has 0 fully saturated rings. The van der Waals surface area contributed by atoms with Crippen molar-refractivity contribution in [3.8, 4) is 0 Å². The third-order valence-electron chi connectivity index (χ3n) is 2.80. The predicted molar refractivity (Wildman–Crippen MR) is 66.1 cm³/mol. The van der Waals surface area contributed by atoms with Gasteiger partial charge in [0.05, 0.1) is 11.7 Å². The Bertz CT molecular complexity index is 500. The molecular formula is C12H17N5. The molecule has 2 aromatic heterocycles. The van der Waals surface area contributed by atoms with Gasteiger partial charge in [-0.3, -0.25) is 15.5 Å². The molecule has 0 bridgehead atoms. The maximum absolute atomic E-state index is 5.64. The van der Waals surface area contributed by atoms with Crippen LogP contribution in [0.25, 0.3) is 0 Å². The van der Waals surface area contributed by atoms with Gasteiger partial charge < -0.3 is 0 Å². The van der Waals surface area contributed by atoms with E-state index in [2.05, 4.69) is 15.5 Å². The number of nitrogens with two attached hydrogens (primary N) is 1. The van der Waals surface area contributed by atoms with Crippen LogP contribution in [0.2, 0.25) is 0 Å². The Morgan fingerprint density at radius 3 is 2.59 bits per heavy atom. The zero-order valence-corrected chi connectivity index (χ0v) is 10.3. The summed E-state index contributed by atoms with van der Waals surface area (Å²) in [5, 5.41) is 4.32. The van der Waals surface area contributed by atoms with Crippen molar-refractivity contribution in [1.29, 1.82) is 0 Å². The van der Waals surface area contributed by atoms with E-state index < -0.39 is 0 Å². The Hall–Kier alpha value is -1.72. The molecule has 0 radical (unpaired) electrons. The van der Waals surface area contributed by atoms with Crippen molar-refractivity contribution in [2.45, 2.75) is 19.9 Å². The minimum absolute atomic E-state index is 0.0724. The van der Waals surface area contributed by atoms with Gasteiger partial charge in [-0.25, -0.2) is 5.43 Å². The zero-order valence-electron chi connectivity index (χ0n) is 10.3. The smallest absolute Gasteiger partial charge is 0.0758 e. The van der Waals surface area contributed by atoms with Gasteiger partial charge in [0, 0.05) is 30.7 Å². The molecule has 2 rings (SSSR count).